The Bertz CT molecular complexity index is 546. The number of rotatable bonds is 2. The van der Waals surface area contributed by atoms with E-state index in [0.717, 1.165) is 5.56 Å². The van der Waals surface area contributed by atoms with Crippen molar-refractivity contribution >= 4 is 5.97 Å². The van der Waals surface area contributed by atoms with Crippen LogP contribution in [0.15, 0.2) is 30.6 Å². The van der Waals surface area contributed by atoms with E-state index >= 15 is 0 Å². The Hall–Kier alpha value is -2.10. The molecule has 0 bridgehead atoms. The maximum absolute atomic E-state index is 12.9. The van der Waals surface area contributed by atoms with Gasteiger partial charge >= 0.3 is 5.97 Å². The molecule has 2 N–H and O–H groups in total. The molecule has 0 aliphatic heterocycles. The Balaban J connectivity index is 2.59. The normalized spacial score (nSPS) is 10.4. The summed E-state index contributed by atoms with van der Waals surface area (Å²) >= 11 is 0. The SMILES string of the molecule is Cc1cc(F)ccc1-c1c[nH]cc1C(=O)O. The molecule has 0 unspecified atom stereocenters. The minimum Gasteiger partial charge on any atom is -0.478 e. The van der Waals surface area contributed by atoms with Gasteiger partial charge in [0.2, 0.25) is 0 Å². The number of nitrogens with one attached hydrogen (secondary N) is 1. The van der Waals surface area contributed by atoms with Crippen LogP contribution in [0.25, 0.3) is 11.1 Å². The van der Waals surface area contributed by atoms with Gasteiger partial charge in [-0.25, -0.2) is 9.18 Å². The summed E-state index contributed by atoms with van der Waals surface area (Å²) in [6.45, 7) is 1.75. The molecule has 2 aromatic rings. The van der Waals surface area contributed by atoms with E-state index in [-0.39, 0.29) is 11.4 Å². The summed E-state index contributed by atoms with van der Waals surface area (Å²) in [4.78, 5) is 13.7. The first-order valence-electron chi connectivity index (χ1n) is 4.76. The highest BCUT2D eigenvalue weighted by Crippen LogP contribution is 2.27. The lowest BCUT2D eigenvalue weighted by atomic mass is 10.00. The topological polar surface area (TPSA) is 53.1 Å². The van der Waals surface area contributed by atoms with Crippen LogP contribution in [0.4, 0.5) is 4.39 Å². The number of benzene rings is 1. The van der Waals surface area contributed by atoms with Crippen molar-refractivity contribution in [2.75, 3.05) is 0 Å². The number of carboxylic acids is 1. The first-order valence-corrected chi connectivity index (χ1v) is 4.76. The molecule has 0 saturated carbocycles. The smallest absolute Gasteiger partial charge is 0.337 e. The second-order valence-electron chi connectivity index (χ2n) is 3.55. The lowest BCUT2D eigenvalue weighted by Gasteiger charge is -2.05. The fraction of sp³-hybridized carbons (Fsp3) is 0.0833. The molecule has 0 fully saturated rings. The molecule has 16 heavy (non-hydrogen) atoms. The van der Waals surface area contributed by atoms with Gasteiger partial charge in [-0.3, -0.25) is 0 Å². The van der Waals surface area contributed by atoms with Gasteiger partial charge in [0.1, 0.15) is 5.82 Å². The number of H-pyrrole nitrogens is 1. The van der Waals surface area contributed by atoms with Crippen LogP contribution in [-0.2, 0) is 0 Å². The average Bonchev–Trinajstić information content (AvgIpc) is 2.66. The summed E-state index contributed by atoms with van der Waals surface area (Å²) in [5.41, 5.74) is 2.20. The summed E-state index contributed by atoms with van der Waals surface area (Å²) in [5.74, 6) is -1.33. The monoisotopic (exact) mass is 219 g/mol. The Morgan fingerprint density at radius 3 is 2.69 bits per heavy atom. The number of aromatic nitrogens is 1. The highest BCUT2D eigenvalue weighted by atomic mass is 19.1. The molecule has 1 aromatic heterocycles. The van der Waals surface area contributed by atoms with Crippen LogP contribution in [-0.4, -0.2) is 16.1 Å². The fourth-order valence-corrected chi connectivity index (χ4v) is 1.69. The molecule has 0 amide bonds. The molecule has 4 heteroatoms. The van der Waals surface area contributed by atoms with Crippen molar-refractivity contribution in [3.8, 4) is 11.1 Å². The third-order valence-corrected chi connectivity index (χ3v) is 2.45. The van der Waals surface area contributed by atoms with Crippen LogP contribution >= 0.6 is 0 Å². The number of carbonyl (C=O) groups is 1. The van der Waals surface area contributed by atoms with E-state index in [1.807, 2.05) is 0 Å². The number of aromatic amines is 1. The van der Waals surface area contributed by atoms with Gasteiger partial charge in [0, 0.05) is 18.0 Å². The minimum absolute atomic E-state index is 0.190. The molecule has 2 rings (SSSR count). The molecule has 0 aliphatic rings. The molecular weight excluding hydrogens is 209 g/mol. The van der Waals surface area contributed by atoms with Gasteiger partial charge in [0.25, 0.3) is 0 Å². The second kappa shape index (κ2) is 3.81. The van der Waals surface area contributed by atoms with Crippen molar-refractivity contribution in [3.05, 3.63) is 47.5 Å². The molecule has 1 heterocycles. The third-order valence-electron chi connectivity index (χ3n) is 2.45. The highest BCUT2D eigenvalue weighted by molar-refractivity contribution is 5.96. The van der Waals surface area contributed by atoms with E-state index in [1.165, 1.54) is 18.3 Å². The summed E-state index contributed by atoms with van der Waals surface area (Å²) in [6, 6.07) is 4.29. The zero-order valence-corrected chi connectivity index (χ0v) is 8.62. The summed E-state index contributed by atoms with van der Waals surface area (Å²) in [6.07, 6.45) is 3.02. The average molecular weight is 219 g/mol. The predicted octanol–water partition coefficient (Wildman–Crippen LogP) is 2.83. The van der Waals surface area contributed by atoms with E-state index in [4.69, 9.17) is 5.11 Å². The van der Waals surface area contributed by atoms with Crippen LogP contribution in [0.1, 0.15) is 15.9 Å². The number of halogens is 1. The van der Waals surface area contributed by atoms with Gasteiger partial charge in [-0.1, -0.05) is 6.07 Å². The zero-order valence-electron chi connectivity index (χ0n) is 8.62. The largest absolute Gasteiger partial charge is 0.478 e. The summed E-state index contributed by atoms with van der Waals surface area (Å²) in [7, 11) is 0. The maximum Gasteiger partial charge on any atom is 0.337 e. The number of hydrogen-bond acceptors (Lipinski definition) is 1. The molecule has 0 atom stereocenters. The van der Waals surface area contributed by atoms with Gasteiger partial charge in [-0.15, -0.1) is 0 Å². The highest BCUT2D eigenvalue weighted by Gasteiger charge is 2.14. The number of aryl methyl sites for hydroxylation is 1. The maximum atomic E-state index is 12.9. The molecule has 0 aliphatic carbocycles. The molecule has 0 spiro atoms. The van der Waals surface area contributed by atoms with Crippen molar-refractivity contribution in [2.45, 2.75) is 6.92 Å². The predicted molar refractivity (Wildman–Crippen MR) is 57.9 cm³/mol. The standard InChI is InChI=1S/C12H10FNO2/c1-7-4-8(13)2-3-9(7)10-5-14-6-11(10)12(15)16/h2-6,14H,1H3,(H,15,16). The molecule has 0 saturated heterocycles. The molecule has 1 aromatic carbocycles. The van der Waals surface area contributed by atoms with E-state index < -0.39 is 5.97 Å². The fourth-order valence-electron chi connectivity index (χ4n) is 1.69. The van der Waals surface area contributed by atoms with Gasteiger partial charge < -0.3 is 10.1 Å². The lowest BCUT2D eigenvalue weighted by Crippen LogP contribution is -1.97. The van der Waals surface area contributed by atoms with E-state index in [1.54, 1.807) is 19.2 Å². The quantitative estimate of drug-likeness (QED) is 0.815. The lowest BCUT2D eigenvalue weighted by molar-refractivity contribution is 0.0698. The summed E-state index contributed by atoms with van der Waals surface area (Å²) < 4.78 is 12.9. The van der Waals surface area contributed by atoms with Crippen LogP contribution in [0.5, 0.6) is 0 Å². The molecule has 82 valence electrons. The van der Waals surface area contributed by atoms with E-state index in [0.29, 0.717) is 11.1 Å². The van der Waals surface area contributed by atoms with Gasteiger partial charge in [-0.05, 0) is 30.2 Å². The Morgan fingerprint density at radius 2 is 2.06 bits per heavy atom. The van der Waals surface area contributed by atoms with Crippen LogP contribution in [0.3, 0.4) is 0 Å². The van der Waals surface area contributed by atoms with Crippen molar-refractivity contribution in [1.82, 2.24) is 4.98 Å². The minimum atomic E-state index is -1.00. The van der Waals surface area contributed by atoms with Gasteiger partial charge in [-0.2, -0.15) is 0 Å². The van der Waals surface area contributed by atoms with Crippen LogP contribution in [0.2, 0.25) is 0 Å². The third kappa shape index (κ3) is 1.69. The second-order valence-corrected chi connectivity index (χ2v) is 3.55. The summed E-state index contributed by atoms with van der Waals surface area (Å²) in [5, 5.41) is 8.97. The zero-order chi connectivity index (χ0) is 11.7. The van der Waals surface area contributed by atoms with Crippen molar-refractivity contribution in [1.29, 1.82) is 0 Å². The molecule has 0 radical (unpaired) electrons. The number of hydrogen-bond donors (Lipinski definition) is 2. The van der Waals surface area contributed by atoms with Crippen LogP contribution < -0.4 is 0 Å². The van der Waals surface area contributed by atoms with Crippen molar-refractivity contribution in [2.24, 2.45) is 0 Å². The van der Waals surface area contributed by atoms with Gasteiger partial charge in [0.15, 0.2) is 0 Å². The Labute approximate surface area is 91.5 Å². The van der Waals surface area contributed by atoms with Crippen molar-refractivity contribution < 1.29 is 14.3 Å². The van der Waals surface area contributed by atoms with Gasteiger partial charge in [0.05, 0.1) is 5.56 Å². The molecular formula is C12H10FNO2. The molecule has 3 nitrogen and oxygen atoms in total. The first-order chi connectivity index (χ1) is 7.59. The number of aromatic carboxylic acids is 1. The van der Waals surface area contributed by atoms with Crippen LogP contribution in [0, 0.1) is 12.7 Å². The van der Waals surface area contributed by atoms with E-state index in [9.17, 15) is 9.18 Å². The number of carboxylic acid groups (broad SMARTS) is 1. The van der Waals surface area contributed by atoms with Crippen molar-refractivity contribution in [3.63, 3.8) is 0 Å². The first kappa shape index (κ1) is 10.4. The Kier molecular flexibility index (Phi) is 2.48. The Morgan fingerprint density at radius 1 is 1.31 bits per heavy atom. The van der Waals surface area contributed by atoms with E-state index in [2.05, 4.69) is 4.98 Å².